The van der Waals surface area contributed by atoms with E-state index in [1.807, 2.05) is 0 Å². The molecule has 0 aromatic heterocycles. The largest absolute Gasteiger partial charge is 2.00 e. The van der Waals surface area contributed by atoms with Crippen LogP contribution in [0.2, 0.25) is 0 Å². The van der Waals surface area contributed by atoms with Crippen LogP contribution < -0.4 is 15.3 Å². The molecule has 0 N–H and O–H groups in total. The van der Waals surface area contributed by atoms with Gasteiger partial charge in [-0.05, 0) is 20.8 Å². The number of rotatable bonds is 0. The molecular weight excluding hydrogens is 233 g/mol. The third-order valence-electron chi connectivity index (χ3n) is 0. The van der Waals surface area contributed by atoms with Crippen LogP contribution in [0.3, 0.4) is 0 Å². The van der Waals surface area contributed by atoms with Crippen LogP contribution in [-0.4, -0.2) is 17.9 Å². The normalized spacial score (nSPS) is 5.77. The zero-order chi connectivity index (χ0) is 10.7. The molecule has 0 aliphatic carbocycles. The summed E-state index contributed by atoms with van der Waals surface area (Å²) >= 11 is 0. The van der Waals surface area contributed by atoms with Crippen LogP contribution in [0.1, 0.15) is 22.2 Å². The average molecular weight is 244 g/mol. The van der Waals surface area contributed by atoms with Gasteiger partial charge in [-0.2, -0.15) is 0 Å². The van der Waals surface area contributed by atoms with Gasteiger partial charge < -0.3 is 29.7 Å². The fourth-order valence-electron chi connectivity index (χ4n) is 0. The van der Waals surface area contributed by atoms with E-state index in [2.05, 4.69) is 0 Å². The second-order valence-corrected chi connectivity index (χ2v) is 1.47. The fourth-order valence-corrected chi connectivity index (χ4v) is 0. The Bertz CT molecular complexity index is 120. The molecule has 0 spiro atoms. The molecule has 0 aromatic carbocycles. The molecule has 7 heteroatoms. The number of hydrogen-bond acceptors (Lipinski definition) is 6. The maximum absolute atomic E-state index is 8.89. The molecule has 0 radical (unpaired) electrons. The van der Waals surface area contributed by atoms with Crippen molar-refractivity contribution in [3.63, 3.8) is 0 Å². The van der Waals surface area contributed by atoms with Crippen LogP contribution in [-0.2, 0) is 33.9 Å². The summed E-state index contributed by atoms with van der Waals surface area (Å²) in [7, 11) is 0. The SMILES string of the molecule is CC(=O)[O-].CC(=O)[O-].CC(=O)[O-].[H+].[Zn+2]. The van der Waals surface area contributed by atoms with E-state index >= 15 is 0 Å². The molecular formula is C6H10O6Zn. The van der Waals surface area contributed by atoms with Gasteiger partial charge in [0.15, 0.2) is 0 Å². The second-order valence-electron chi connectivity index (χ2n) is 1.47. The molecule has 0 aliphatic heterocycles. The second kappa shape index (κ2) is 17.2. The number of carbonyl (C=O) groups is 3. The summed E-state index contributed by atoms with van der Waals surface area (Å²) in [4.78, 5) is 26.7. The molecule has 72 valence electrons. The van der Waals surface area contributed by atoms with Gasteiger partial charge in [0.2, 0.25) is 0 Å². The minimum atomic E-state index is -1.08. The topological polar surface area (TPSA) is 120 Å². The molecule has 13 heavy (non-hydrogen) atoms. The zero-order valence-electron chi connectivity index (χ0n) is 8.66. The third kappa shape index (κ3) is 964. The summed E-state index contributed by atoms with van der Waals surface area (Å²) in [5.74, 6) is -3.25. The number of hydrogen-bond donors (Lipinski definition) is 0. The van der Waals surface area contributed by atoms with Gasteiger partial charge in [-0.15, -0.1) is 0 Å². The Hall–Kier alpha value is -0.967. The van der Waals surface area contributed by atoms with E-state index in [0.717, 1.165) is 20.8 Å². The van der Waals surface area contributed by atoms with Crippen molar-refractivity contribution >= 4 is 17.9 Å². The molecule has 0 aliphatic rings. The van der Waals surface area contributed by atoms with E-state index < -0.39 is 17.9 Å². The zero-order valence-corrected chi connectivity index (χ0v) is 10.6. The molecule has 0 bridgehead atoms. The van der Waals surface area contributed by atoms with E-state index in [0.29, 0.717) is 0 Å². The Morgan fingerprint density at radius 2 is 0.769 bits per heavy atom. The van der Waals surface area contributed by atoms with Crippen LogP contribution in [0.25, 0.3) is 0 Å². The summed E-state index contributed by atoms with van der Waals surface area (Å²) in [6.45, 7) is 2.92. The van der Waals surface area contributed by atoms with Gasteiger partial charge in [0.05, 0.1) is 0 Å². The Kier molecular flexibility index (Phi) is 30.1. The Balaban J connectivity index is -0.0000000270. The van der Waals surface area contributed by atoms with Gasteiger partial charge in [0.25, 0.3) is 0 Å². The van der Waals surface area contributed by atoms with Gasteiger partial charge >= 0.3 is 20.9 Å². The number of aliphatic carboxylic acids is 3. The monoisotopic (exact) mass is 242 g/mol. The molecule has 0 fully saturated rings. The van der Waals surface area contributed by atoms with Gasteiger partial charge in [0.1, 0.15) is 0 Å². The predicted octanol–water partition coefficient (Wildman–Crippen LogP) is -3.62. The predicted molar refractivity (Wildman–Crippen MR) is 33.2 cm³/mol. The Morgan fingerprint density at radius 3 is 0.769 bits per heavy atom. The average Bonchev–Trinajstić information content (AvgIpc) is 1.54. The molecule has 0 aromatic rings. The number of carbonyl (C=O) groups excluding carboxylic acids is 3. The first kappa shape index (κ1) is 22.7. The molecule has 0 rings (SSSR count). The molecule has 0 amide bonds. The van der Waals surface area contributed by atoms with Gasteiger partial charge in [-0.1, -0.05) is 0 Å². The molecule has 0 heterocycles. The third-order valence-corrected chi connectivity index (χ3v) is 0. The molecule has 0 unspecified atom stereocenters. The summed E-state index contributed by atoms with van der Waals surface area (Å²) in [5.41, 5.74) is 0. The van der Waals surface area contributed by atoms with Gasteiger partial charge in [-0.3, -0.25) is 0 Å². The maximum Gasteiger partial charge on any atom is 2.00 e. The molecule has 6 nitrogen and oxygen atoms in total. The summed E-state index contributed by atoms with van der Waals surface area (Å²) < 4.78 is 0. The van der Waals surface area contributed by atoms with Crippen LogP contribution >= 0.6 is 0 Å². The van der Waals surface area contributed by atoms with Crippen LogP contribution in [0.5, 0.6) is 0 Å². The van der Waals surface area contributed by atoms with Crippen molar-refractivity contribution in [3.8, 4) is 0 Å². The molecule has 0 saturated carbocycles. The van der Waals surface area contributed by atoms with Crippen LogP contribution in [0, 0.1) is 0 Å². The van der Waals surface area contributed by atoms with Crippen molar-refractivity contribution < 1.29 is 50.6 Å². The van der Waals surface area contributed by atoms with Crippen molar-refractivity contribution in [3.05, 3.63) is 0 Å². The summed E-state index contributed by atoms with van der Waals surface area (Å²) in [6.07, 6.45) is 0. The first-order valence-corrected chi connectivity index (χ1v) is 2.72. The fraction of sp³-hybridized carbons (Fsp3) is 0.500. The first-order valence-electron chi connectivity index (χ1n) is 2.72. The van der Waals surface area contributed by atoms with Crippen molar-refractivity contribution in [2.45, 2.75) is 20.8 Å². The van der Waals surface area contributed by atoms with Gasteiger partial charge in [-0.25, -0.2) is 0 Å². The smallest absolute Gasteiger partial charge is 0.550 e. The number of carboxylic acid groups (broad SMARTS) is 3. The van der Waals surface area contributed by atoms with E-state index in [1.165, 1.54) is 0 Å². The molecule has 0 atom stereocenters. The first-order chi connectivity index (χ1) is 5.20. The van der Waals surface area contributed by atoms with Crippen molar-refractivity contribution in [2.75, 3.05) is 0 Å². The van der Waals surface area contributed by atoms with E-state index in [1.54, 1.807) is 0 Å². The quantitative estimate of drug-likeness (QED) is 0.405. The van der Waals surface area contributed by atoms with Crippen LogP contribution in [0.4, 0.5) is 0 Å². The van der Waals surface area contributed by atoms with E-state index in [4.69, 9.17) is 29.7 Å². The van der Waals surface area contributed by atoms with Crippen molar-refractivity contribution in [1.29, 1.82) is 0 Å². The minimum Gasteiger partial charge on any atom is -0.550 e. The molecule has 0 saturated heterocycles. The van der Waals surface area contributed by atoms with E-state index in [-0.39, 0.29) is 20.9 Å². The van der Waals surface area contributed by atoms with Gasteiger partial charge in [0, 0.05) is 17.9 Å². The maximum atomic E-state index is 8.89. The van der Waals surface area contributed by atoms with Crippen LogP contribution in [0.15, 0.2) is 0 Å². The summed E-state index contributed by atoms with van der Waals surface area (Å²) in [5, 5.41) is 26.7. The standard InChI is InChI=1S/3C2H4O2.Zn/c3*1-2(3)4;/h3*1H3,(H,3,4);/q;;;+2/p-2. The van der Waals surface area contributed by atoms with Crippen molar-refractivity contribution in [1.82, 2.24) is 0 Å². The summed E-state index contributed by atoms with van der Waals surface area (Å²) in [6, 6.07) is 0. The Labute approximate surface area is 89.8 Å². The van der Waals surface area contributed by atoms with E-state index in [9.17, 15) is 0 Å². The number of carboxylic acids is 3. The Morgan fingerprint density at radius 1 is 0.769 bits per heavy atom. The van der Waals surface area contributed by atoms with Crippen molar-refractivity contribution in [2.24, 2.45) is 0 Å². The minimum absolute atomic E-state index is 0.